The summed E-state index contributed by atoms with van der Waals surface area (Å²) in [5.74, 6) is 0.817. The molecule has 25 heavy (non-hydrogen) atoms. The van der Waals surface area contributed by atoms with E-state index in [2.05, 4.69) is 20.4 Å². The Morgan fingerprint density at radius 1 is 1.00 bits per heavy atom. The van der Waals surface area contributed by atoms with Gasteiger partial charge in [0.25, 0.3) is 0 Å². The molecule has 0 aliphatic rings. The van der Waals surface area contributed by atoms with Crippen LogP contribution < -0.4 is 5.32 Å². The van der Waals surface area contributed by atoms with Crippen molar-refractivity contribution in [2.24, 2.45) is 0 Å². The van der Waals surface area contributed by atoms with Crippen LogP contribution in [0.5, 0.6) is 0 Å². The second-order valence-electron chi connectivity index (χ2n) is 5.44. The van der Waals surface area contributed by atoms with Gasteiger partial charge in [0, 0.05) is 36.6 Å². The zero-order chi connectivity index (χ0) is 17.2. The molecule has 124 valence electrons. The third-order valence-corrected chi connectivity index (χ3v) is 4.63. The summed E-state index contributed by atoms with van der Waals surface area (Å²) < 4.78 is 1.75. The molecule has 0 saturated heterocycles. The minimum absolute atomic E-state index is 0.487. The second kappa shape index (κ2) is 6.70. The Labute approximate surface area is 154 Å². The van der Waals surface area contributed by atoms with E-state index in [1.807, 2.05) is 36.4 Å². The normalized spacial score (nSPS) is 11.0. The molecule has 0 aliphatic carbocycles. The topological polar surface area (TPSA) is 55.1 Å². The van der Waals surface area contributed by atoms with E-state index in [0.29, 0.717) is 16.6 Å². The first kappa shape index (κ1) is 15.9. The van der Waals surface area contributed by atoms with E-state index in [0.717, 1.165) is 28.3 Å². The third-order valence-electron chi connectivity index (χ3n) is 3.81. The van der Waals surface area contributed by atoms with Crippen LogP contribution in [0.3, 0.4) is 0 Å². The van der Waals surface area contributed by atoms with Crippen LogP contribution >= 0.6 is 23.2 Å². The summed E-state index contributed by atoms with van der Waals surface area (Å²) in [6, 6.07) is 13.2. The number of hydrogen-bond donors (Lipinski definition) is 1. The first-order valence-corrected chi connectivity index (χ1v) is 8.40. The van der Waals surface area contributed by atoms with E-state index in [-0.39, 0.29) is 0 Å². The molecule has 3 aromatic heterocycles. The molecule has 7 heteroatoms. The van der Waals surface area contributed by atoms with Crippen LogP contribution in [0.1, 0.15) is 5.56 Å². The average Bonchev–Trinajstić information content (AvgIpc) is 3.11. The van der Waals surface area contributed by atoms with Crippen molar-refractivity contribution in [3.63, 3.8) is 0 Å². The average molecular weight is 370 g/mol. The highest BCUT2D eigenvalue weighted by Gasteiger charge is 2.12. The van der Waals surface area contributed by atoms with Crippen molar-refractivity contribution in [1.82, 2.24) is 19.6 Å². The van der Waals surface area contributed by atoms with Gasteiger partial charge in [0.05, 0.1) is 21.9 Å². The fraction of sp³-hybridized carbons (Fsp3) is 0.0556. The number of pyridine rings is 1. The number of benzene rings is 1. The Balaban J connectivity index is 1.76. The summed E-state index contributed by atoms with van der Waals surface area (Å²) >= 11 is 12.5. The number of aromatic nitrogens is 4. The number of nitrogens with one attached hydrogen (secondary N) is 1. The van der Waals surface area contributed by atoms with Crippen LogP contribution in [0.15, 0.2) is 61.1 Å². The van der Waals surface area contributed by atoms with Gasteiger partial charge in [0.15, 0.2) is 5.65 Å². The van der Waals surface area contributed by atoms with Crippen LogP contribution in [0.2, 0.25) is 10.0 Å². The standard InChI is InChI=1S/C18H13Cl2N5/c19-14-3-1-2-13(18(14)20)15-10-17(25-16(24-15)6-9-23-25)22-11-12-4-7-21-8-5-12/h1-10,22H,11H2. The molecule has 0 spiro atoms. The van der Waals surface area contributed by atoms with E-state index in [1.165, 1.54) is 0 Å². The van der Waals surface area contributed by atoms with Gasteiger partial charge in [-0.25, -0.2) is 4.98 Å². The number of anilines is 1. The zero-order valence-electron chi connectivity index (χ0n) is 13.0. The first-order valence-electron chi connectivity index (χ1n) is 7.64. The van der Waals surface area contributed by atoms with Crippen LogP contribution in [0.25, 0.3) is 16.9 Å². The molecular formula is C18H13Cl2N5. The second-order valence-corrected chi connectivity index (χ2v) is 6.22. The predicted octanol–water partition coefficient (Wildman–Crippen LogP) is 4.71. The summed E-state index contributed by atoms with van der Waals surface area (Å²) in [7, 11) is 0. The number of fused-ring (bicyclic) bond motifs is 1. The van der Waals surface area contributed by atoms with E-state index in [1.54, 1.807) is 29.2 Å². The molecule has 5 nitrogen and oxygen atoms in total. The summed E-state index contributed by atoms with van der Waals surface area (Å²) in [5.41, 5.74) is 3.36. The van der Waals surface area contributed by atoms with E-state index >= 15 is 0 Å². The van der Waals surface area contributed by atoms with E-state index < -0.39 is 0 Å². The Morgan fingerprint density at radius 2 is 1.84 bits per heavy atom. The molecule has 0 saturated carbocycles. The predicted molar refractivity (Wildman–Crippen MR) is 100 cm³/mol. The maximum atomic E-state index is 6.36. The van der Waals surface area contributed by atoms with Gasteiger partial charge in [-0.05, 0) is 23.8 Å². The fourth-order valence-electron chi connectivity index (χ4n) is 2.57. The van der Waals surface area contributed by atoms with Crippen molar-refractivity contribution >= 4 is 34.7 Å². The Morgan fingerprint density at radius 3 is 2.68 bits per heavy atom. The molecule has 0 aliphatic heterocycles. The molecule has 0 radical (unpaired) electrons. The summed E-state index contributed by atoms with van der Waals surface area (Å²) in [6.45, 7) is 0.643. The number of nitrogens with zero attached hydrogens (tertiary/aromatic N) is 4. The molecule has 1 aromatic carbocycles. The molecule has 0 unspecified atom stereocenters. The SMILES string of the molecule is Clc1cccc(-c2cc(NCc3ccncc3)n3nccc3n2)c1Cl. The van der Waals surface area contributed by atoms with Crippen LogP contribution in [0, 0.1) is 0 Å². The van der Waals surface area contributed by atoms with Gasteiger partial charge in [-0.15, -0.1) is 0 Å². The van der Waals surface area contributed by atoms with Crippen molar-refractivity contribution < 1.29 is 0 Å². The molecule has 1 N–H and O–H groups in total. The summed E-state index contributed by atoms with van der Waals surface area (Å²) in [4.78, 5) is 8.66. The molecule has 0 atom stereocenters. The van der Waals surface area contributed by atoms with Crippen LogP contribution in [-0.4, -0.2) is 19.6 Å². The molecule has 4 rings (SSSR count). The van der Waals surface area contributed by atoms with Gasteiger partial charge >= 0.3 is 0 Å². The number of halogens is 2. The molecular weight excluding hydrogens is 357 g/mol. The molecule has 0 bridgehead atoms. The summed E-state index contributed by atoms with van der Waals surface area (Å²) in [6.07, 6.45) is 5.25. The Hall–Kier alpha value is -2.63. The number of hydrogen-bond acceptors (Lipinski definition) is 4. The lowest BCUT2D eigenvalue weighted by molar-refractivity contribution is 0.926. The highest BCUT2D eigenvalue weighted by Crippen LogP contribution is 2.33. The van der Waals surface area contributed by atoms with Crippen molar-refractivity contribution in [3.05, 3.63) is 76.7 Å². The zero-order valence-corrected chi connectivity index (χ0v) is 14.5. The highest BCUT2D eigenvalue weighted by atomic mass is 35.5. The fourth-order valence-corrected chi connectivity index (χ4v) is 2.97. The Bertz CT molecular complexity index is 1030. The van der Waals surface area contributed by atoms with Crippen molar-refractivity contribution in [2.45, 2.75) is 6.54 Å². The molecule has 4 aromatic rings. The lowest BCUT2D eigenvalue weighted by atomic mass is 10.1. The first-order chi connectivity index (χ1) is 12.2. The maximum absolute atomic E-state index is 6.36. The molecule has 3 heterocycles. The third kappa shape index (κ3) is 3.16. The van der Waals surface area contributed by atoms with Crippen LogP contribution in [-0.2, 0) is 6.54 Å². The van der Waals surface area contributed by atoms with Crippen molar-refractivity contribution in [1.29, 1.82) is 0 Å². The molecule has 0 amide bonds. The van der Waals surface area contributed by atoms with Gasteiger partial charge < -0.3 is 5.32 Å². The number of rotatable bonds is 4. The smallest absolute Gasteiger partial charge is 0.157 e. The Kier molecular flexibility index (Phi) is 4.26. The van der Waals surface area contributed by atoms with Crippen LogP contribution in [0.4, 0.5) is 5.82 Å². The van der Waals surface area contributed by atoms with E-state index in [4.69, 9.17) is 23.2 Å². The summed E-state index contributed by atoms with van der Waals surface area (Å²) in [5, 5.41) is 8.70. The minimum atomic E-state index is 0.487. The largest absolute Gasteiger partial charge is 0.366 e. The minimum Gasteiger partial charge on any atom is -0.366 e. The molecule has 0 fully saturated rings. The highest BCUT2D eigenvalue weighted by molar-refractivity contribution is 6.43. The quantitative estimate of drug-likeness (QED) is 0.565. The van der Waals surface area contributed by atoms with Crippen molar-refractivity contribution in [2.75, 3.05) is 5.32 Å². The van der Waals surface area contributed by atoms with Gasteiger partial charge in [0.2, 0.25) is 0 Å². The lowest BCUT2D eigenvalue weighted by Gasteiger charge is -2.12. The monoisotopic (exact) mass is 369 g/mol. The van der Waals surface area contributed by atoms with E-state index in [9.17, 15) is 0 Å². The van der Waals surface area contributed by atoms with Crippen molar-refractivity contribution in [3.8, 4) is 11.3 Å². The van der Waals surface area contributed by atoms with Gasteiger partial charge in [0.1, 0.15) is 5.82 Å². The maximum Gasteiger partial charge on any atom is 0.157 e. The lowest BCUT2D eigenvalue weighted by Crippen LogP contribution is -2.06. The van der Waals surface area contributed by atoms with Gasteiger partial charge in [-0.2, -0.15) is 9.61 Å². The van der Waals surface area contributed by atoms with Gasteiger partial charge in [-0.3, -0.25) is 4.98 Å². The van der Waals surface area contributed by atoms with Gasteiger partial charge in [-0.1, -0.05) is 35.3 Å².